The van der Waals surface area contributed by atoms with Crippen molar-refractivity contribution in [3.63, 3.8) is 0 Å². The van der Waals surface area contributed by atoms with E-state index in [1.165, 1.54) is 0 Å². The van der Waals surface area contributed by atoms with Gasteiger partial charge in [0.05, 0.1) is 17.9 Å². The molecule has 6 nitrogen and oxygen atoms in total. The molecular weight excluding hydrogens is 292 g/mol. The molecule has 23 heavy (non-hydrogen) atoms. The van der Waals surface area contributed by atoms with Crippen LogP contribution in [-0.2, 0) is 0 Å². The average molecular weight is 312 g/mol. The third kappa shape index (κ3) is 2.93. The minimum atomic E-state index is -0.148. The van der Waals surface area contributed by atoms with Crippen LogP contribution in [0.4, 0.5) is 5.69 Å². The molecule has 1 saturated carbocycles. The molecule has 6 heteroatoms. The highest BCUT2D eigenvalue weighted by Gasteiger charge is 2.33. The summed E-state index contributed by atoms with van der Waals surface area (Å²) in [6.45, 7) is 3.84. The molecule has 2 atom stereocenters. The normalized spacial score (nSPS) is 24.0. The van der Waals surface area contributed by atoms with E-state index < -0.39 is 0 Å². The molecule has 0 bridgehead atoms. The van der Waals surface area contributed by atoms with Gasteiger partial charge in [-0.05, 0) is 30.9 Å². The fraction of sp³-hybridized carbons (Fsp3) is 0.471. The first kappa shape index (κ1) is 14.2. The highest BCUT2D eigenvalue weighted by molar-refractivity contribution is 5.92. The van der Waals surface area contributed by atoms with Gasteiger partial charge in [-0.15, -0.1) is 0 Å². The van der Waals surface area contributed by atoms with E-state index in [0.717, 1.165) is 37.4 Å². The predicted molar refractivity (Wildman–Crippen MR) is 85.3 cm³/mol. The van der Waals surface area contributed by atoms with E-state index >= 15 is 0 Å². The second kappa shape index (κ2) is 5.68. The number of nitrogens with one attached hydrogen (secondary N) is 1. The Morgan fingerprint density at radius 2 is 2.26 bits per heavy atom. The number of aromatic nitrogens is 2. The highest BCUT2D eigenvalue weighted by Crippen LogP contribution is 2.40. The topological polar surface area (TPSA) is 71.3 Å². The lowest BCUT2D eigenvalue weighted by Crippen LogP contribution is -2.40. The van der Waals surface area contributed by atoms with Crippen LogP contribution in [-0.4, -0.2) is 35.2 Å². The van der Waals surface area contributed by atoms with Crippen LogP contribution in [0.25, 0.3) is 0 Å². The number of nitrogens with zero attached hydrogens (tertiary/aromatic N) is 3. The second-order valence-corrected chi connectivity index (χ2v) is 6.56. The number of carbonyl (C=O) groups excluding carboxylic acids is 1. The third-order valence-electron chi connectivity index (χ3n) is 4.68. The Kier molecular flexibility index (Phi) is 3.52. The van der Waals surface area contributed by atoms with Crippen LogP contribution >= 0.6 is 0 Å². The first-order chi connectivity index (χ1) is 11.2. The van der Waals surface area contributed by atoms with Gasteiger partial charge in [-0.2, -0.15) is 0 Å². The largest absolute Gasteiger partial charge is 0.368 e. The van der Waals surface area contributed by atoms with Crippen molar-refractivity contribution in [1.29, 1.82) is 0 Å². The molecule has 3 heterocycles. The average Bonchev–Trinajstić information content (AvgIpc) is 3.18. The van der Waals surface area contributed by atoms with E-state index in [1.807, 2.05) is 18.3 Å². The van der Waals surface area contributed by atoms with Gasteiger partial charge in [0.15, 0.2) is 5.69 Å². The first-order valence-corrected chi connectivity index (χ1v) is 8.13. The van der Waals surface area contributed by atoms with E-state index in [1.54, 1.807) is 12.3 Å². The lowest BCUT2D eigenvalue weighted by atomic mass is 10.1. The Balaban J connectivity index is 1.40. The Morgan fingerprint density at radius 1 is 1.39 bits per heavy atom. The van der Waals surface area contributed by atoms with Crippen molar-refractivity contribution in [1.82, 2.24) is 15.5 Å². The third-order valence-corrected chi connectivity index (χ3v) is 4.68. The SMILES string of the molecule is C[C@H]1CN(c2cccnc2)C[C@H]1NC(=O)c1cc(C2CC2)on1. The second-order valence-electron chi connectivity index (χ2n) is 6.56. The molecule has 0 spiro atoms. The number of amides is 1. The van der Waals surface area contributed by atoms with E-state index in [0.29, 0.717) is 17.5 Å². The molecule has 1 saturated heterocycles. The maximum atomic E-state index is 12.4. The van der Waals surface area contributed by atoms with E-state index in [4.69, 9.17) is 4.52 Å². The number of hydrogen-bond acceptors (Lipinski definition) is 5. The van der Waals surface area contributed by atoms with Crippen molar-refractivity contribution in [2.75, 3.05) is 18.0 Å². The van der Waals surface area contributed by atoms with Crippen LogP contribution in [0.2, 0.25) is 0 Å². The Morgan fingerprint density at radius 3 is 3.00 bits per heavy atom. The minimum absolute atomic E-state index is 0.101. The Bertz CT molecular complexity index is 696. The van der Waals surface area contributed by atoms with Crippen molar-refractivity contribution in [3.8, 4) is 0 Å². The number of hydrogen-bond donors (Lipinski definition) is 1. The van der Waals surface area contributed by atoms with Crippen molar-refractivity contribution < 1.29 is 9.32 Å². The lowest BCUT2D eigenvalue weighted by Gasteiger charge is -2.18. The van der Waals surface area contributed by atoms with Gasteiger partial charge in [0.2, 0.25) is 0 Å². The van der Waals surface area contributed by atoms with Crippen LogP contribution in [0.1, 0.15) is 41.9 Å². The Labute approximate surface area is 134 Å². The maximum Gasteiger partial charge on any atom is 0.273 e. The molecule has 2 aliphatic rings. The van der Waals surface area contributed by atoms with E-state index in [2.05, 4.69) is 27.3 Å². The Hall–Kier alpha value is -2.37. The number of rotatable bonds is 4. The summed E-state index contributed by atoms with van der Waals surface area (Å²) in [6, 6.07) is 5.86. The number of carbonyl (C=O) groups is 1. The molecule has 1 amide bonds. The van der Waals surface area contributed by atoms with E-state index in [9.17, 15) is 4.79 Å². The molecule has 120 valence electrons. The lowest BCUT2D eigenvalue weighted by molar-refractivity contribution is 0.0924. The van der Waals surface area contributed by atoms with Gasteiger partial charge in [-0.3, -0.25) is 9.78 Å². The first-order valence-electron chi connectivity index (χ1n) is 8.13. The fourth-order valence-corrected chi connectivity index (χ4v) is 3.11. The zero-order valence-electron chi connectivity index (χ0n) is 13.1. The summed E-state index contributed by atoms with van der Waals surface area (Å²) in [5.74, 6) is 1.53. The summed E-state index contributed by atoms with van der Waals surface area (Å²) in [5, 5.41) is 7.00. The fourth-order valence-electron chi connectivity index (χ4n) is 3.11. The quantitative estimate of drug-likeness (QED) is 0.937. The minimum Gasteiger partial charge on any atom is -0.368 e. The van der Waals surface area contributed by atoms with Crippen LogP contribution in [0.3, 0.4) is 0 Å². The summed E-state index contributed by atoms with van der Waals surface area (Å²) >= 11 is 0. The van der Waals surface area contributed by atoms with Crippen molar-refractivity contribution >= 4 is 11.6 Å². The predicted octanol–water partition coefficient (Wildman–Crippen LogP) is 2.20. The molecule has 2 aromatic rings. The van der Waals surface area contributed by atoms with Gasteiger partial charge in [-0.1, -0.05) is 12.1 Å². The molecule has 1 aliphatic heterocycles. The molecule has 0 aromatic carbocycles. The summed E-state index contributed by atoms with van der Waals surface area (Å²) in [6.07, 6.45) is 5.90. The van der Waals surface area contributed by atoms with Gasteiger partial charge in [0.25, 0.3) is 5.91 Å². The van der Waals surface area contributed by atoms with Crippen LogP contribution in [0, 0.1) is 5.92 Å². The molecule has 2 fully saturated rings. The number of pyridine rings is 1. The molecule has 1 N–H and O–H groups in total. The molecule has 4 rings (SSSR count). The van der Waals surface area contributed by atoms with Gasteiger partial charge in [-0.25, -0.2) is 0 Å². The van der Waals surface area contributed by atoms with Crippen LogP contribution in [0.5, 0.6) is 0 Å². The van der Waals surface area contributed by atoms with Crippen LogP contribution in [0.15, 0.2) is 35.1 Å². The van der Waals surface area contributed by atoms with Crippen LogP contribution < -0.4 is 10.2 Å². The van der Waals surface area contributed by atoms with Crippen molar-refractivity contribution in [2.24, 2.45) is 5.92 Å². The molecule has 1 aliphatic carbocycles. The van der Waals surface area contributed by atoms with Gasteiger partial charge >= 0.3 is 0 Å². The summed E-state index contributed by atoms with van der Waals surface area (Å²) in [4.78, 5) is 18.8. The number of anilines is 1. The summed E-state index contributed by atoms with van der Waals surface area (Å²) < 4.78 is 5.26. The summed E-state index contributed by atoms with van der Waals surface area (Å²) in [5.41, 5.74) is 1.48. The highest BCUT2D eigenvalue weighted by atomic mass is 16.5. The molecule has 0 unspecified atom stereocenters. The smallest absolute Gasteiger partial charge is 0.273 e. The van der Waals surface area contributed by atoms with Gasteiger partial charge in [0.1, 0.15) is 5.76 Å². The van der Waals surface area contributed by atoms with Crippen molar-refractivity contribution in [3.05, 3.63) is 42.0 Å². The maximum absolute atomic E-state index is 12.4. The summed E-state index contributed by atoms with van der Waals surface area (Å²) in [7, 11) is 0. The monoisotopic (exact) mass is 312 g/mol. The van der Waals surface area contributed by atoms with Crippen molar-refractivity contribution in [2.45, 2.75) is 31.7 Å². The van der Waals surface area contributed by atoms with Gasteiger partial charge < -0.3 is 14.7 Å². The standard InChI is InChI=1S/C17H20N4O2/c1-11-9-21(13-3-2-6-18-8-13)10-15(11)19-17(22)14-7-16(23-20-14)12-4-5-12/h2-3,6-8,11-12,15H,4-5,9-10H2,1H3,(H,19,22)/t11-,15+/m0/s1. The zero-order chi connectivity index (χ0) is 15.8. The zero-order valence-corrected chi connectivity index (χ0v) is 13.1. The molecule has 0 radical (unpaired) electrons. The molecule has 2 aromatic heterocycles. The molecular formula is C17H20N4O2. The van der Waals surface area contributed by atoms with E-state index in [-0.39, 0.29) is 11.9 Å². The van der Waals surface area contributed by atoms with Gasteiger partial charge in [0, 0.05) is 31.3 Å².